The second kappa shape index (κ2) is 11.1. The number of nitrogens with zero attached hydrogens (tertiary/aromatic N) is 4. The number of rotatable bonds is 9. The van der Waals surface area contributed by atoms with Gasteiger partial charge in [0.15, 0.2) is 15.8 Å². The number of benzene rings is 2. The first kappa shape index (κ1) is 24.4. The van der Waals surface area contributed by atoms with Crippen LogP contribution < -0.4 is 10.1 Å². The molecule has 2 aromatic carbocycles. The Morgan fingerprint density at radius 3 is 2.54 bits per heavy atom. The van der Waals surface area contributed by atoms with Crippen molar-refractivity contribution in [2.75, 3.05) is 19.0 Å². The molecule has 0 atom stereocenters. The van der Waals surface area contributed by atoms with Gasteiger partial charge in [0.2, 0.25) is 5.13 Å². The summed E-state index contributed by atoms with van der Waals surface area (Å²) in [4.78, 5) is 24.4. The maximum absolute atomic E-state index is 13.2. The van der Waals surface area contributed by atoms with Crippen molar-refractivity contribution in [3.8, 4) is 11.4 Å². The van der Waals surface area contributed by atoms with Crippen molar-refractivity contribution < 1.29 is 23.5 Å². The number of esters is 1. The summed E-state index contributed by atoms with van der Waals surface area (Å²) in [7, 11) is 1.34. The molecule has 4 rings (SSSR count). The Hall–Kier alpha value is -3.77. The summed E-state index contributed by atoms with van der Waals surface area (Å²) < 4.78 is 25.6. The van der Waals surface area contributed by atoms with Crippen LogP contribution in [0.25, 0.3) is 5.69 Å². The normalized spacial score (nSPS) is 10.7. The summed E-state index contributed by atoms with van der Waals surface area (Å²) in [6.07, 6.45) is 1.57. The van der Waals surface area contributed by atoms with Crippen molar-refractivity contribution in [3.63, 3.8) is 0 Å². The molecule has 0 aliphatic heterocycles. The maximum atomic E-state index is 13.2. The number of hydrogen-bond acceptors (Lipinski definition) is 9. The molecular formula is C23H20FN5O4S2. The average Bonchev–Trinajstić information content (AvgIpc) is 3.50. The van der Waals surface area contributed by atoms with Crippen LogP contribution in [0.3, 0.4) is 0 Å². The molecule has 0 saturated heterocycles. The van der Waals surface area contributed by atoms with E-state index in [9.17, 15) is 14.0 Å². The van der Waals surface area contributed by atoms with Crippen molar-refractivity contribution in [1.29, 1.82) is 0 Å². The largest absolute Gasteiger partial charge is 0.490 e. The van der Waals surface area contributed by atoms with E-state index in [1.54, 1.807) is 37.4 Å². The number of amides is 1. The van der Waals surface area contributed by atoms with E-state index in [0.717, 1.165) is 5.56 Å². The molecule has 0 aliphatic carbocycles. The fraction of sp³-hybridized carbons (Fsp3) is 0.174. The van der Waals surface area contributed by atoms with Crippen molar-refractivity contribution in [2.24, 2.45) is 0 Å². The molecule has 4 aromatic rings. The summed E-state index contributed by atoms with van der Waals surface area (Å²) in [6.45, 7) is 2.14. The van der Waals surface area contributed by atoms with Crippen LogP contribution in [0.2, 0.25) is 0 Å². The Morgan fingerprint density at radius 2 is 1.86 bits per heavy atom. The molecule has 12 heteroatoms. The van der Waals surface area contributed by atoms with Crippen LogP contribution in [-0.2, 0) is 10.5 Å². The number of nitrogens with one attached hydrogen (secondary N) is 1. The number of halogens is 1. The third kappa shape index (κ3) is 6.03. The molecule has 35 heavy (non-hydrogen) atoms. The van der Waals surface area contributed by atoms with Gasteiger partial charge in [-0.15, -0.1) is 10.2 Å². The first-order chi connectivity index (χ1) is 17.0. The second-order valence-electron chi connectivity index (χ2n) is 7.00. The Morgan fingerprint density at radius 1 is 1.11 bits per heavy atom. The SMILES string of the molecule is CCOc1cn(-c2ccc(F)cc2)nc1C(=O)Nc1nnc(SCc2ccc(C(=O)OC)cc2)s1. The van der Waals surface area contributed by atoms with Crippen LogP contribution in [0.5, 0.6) is 5.75 Å². The highest BCUT2D eigenvalue weighted by atomic mass is 32.2. The zero-order valence-electron chi connectivity index (χ0n) is 18.7. The molecule has 0 radical (unpaired) electrons. The van der Waals surface area contributed by atoms with Gasteiger partial charge in [-0.3, -0.25) is 10.1 Å². The van der Waals surface area contributed by atoms with Gasteiger partial charge in [-0.1, -0.05) is 35.2 Å². The maximum Gasteiger partial charge on any atom is 0.337 e. The fourth-order valence-electron chi connectivity index (χ4n) is 2.98. The number of ether oxygens (including phenoxy) is 2. The van der Waals surface area contributed by atoms with E-state index in [0.29, 0.717) is 38.8 Å². The topological polar surface area (TPSA) is 108 Å². The molecule has 0 unspecified atom stereocenters. The molecule has 0 aliphatic rings. The minimum atomic E-state index is -0.500. The standard InChI is InChI=1S/C23H20FN5O4S2/c1-3-33-18-12-29(17-10-8-16(24)9-11-17)28-19(18)20(30)25-22-26-27-23(35-22)34-13-14-4-6-15(7-5-14)21(31)32-2/h4-12H,3,13H2,1-2H3,(H,25,26,30). The van der Waals surface area contributed by atoms with Crippen molar-refractivity contribution in [3.05, 3.63) is 77.4 Å². The van der Waals surface area contributed by atoms with Crippen LogP contribution in [0, 0.1) is 5.82 Å². The van der Waals surface area contributed by atoms with Crippen LogP contribution in [-0.4, -0.2) is 45.6 Å². The van der Waals surface area contributed by atoms with Gasteiger partial charge >= 0.3 is 5.97 Å². The zero-order valence-corrected chi connectivity index (χ0v) is 20.4. The lowest BCUT2D eigenvalue weighted by molar-refractivity contribution is 0.0600. The van der Waals surface area contributed by atoms with E-state index in [1.165, 1.54) is 47.0 Å². The minimum Gasteiger partial charge on any atom is -0.490 e. The first-order valence-corrected chi connectivity index (χ1v) is 12.2. The molecule has 1 amide bonds. The predicted octanol–water partition coefficient (Wildman–Crippen LogP) is 4.59. The monoisotopic (exact) mass is 513 g/mol. The Bertz CT molecular complexity index is 1320. The van der Waals surface area contributed by atoms with Crippen molar-refractivity contribution in [1.82, 2.24) is 20.0 Å². The van der Waals surface area contributed by atoms with E-state index in [1.807, 2.05) is 12.1 Å². The summed E-state index contributed by atoms with van der Waals surface area (Å²) in [6, 6.07) is 12.8. The van der Waals surface area contributed by atoms with Crippen LogP contribution in [0.4, 0.5) is 9.52 Å². The number of carbonyl (C=O) groups is 2. The van der Waals surface area contributed by atoms with Gasteiger partial charge in [-0.2, -0.15) is 5.10 Å². The highest BCUT2D eigenvalue weighted by Gasteiger charge is 2.20. The Kier molecular flexibility index (Phi) is 7.73. The van der Waals surface area contributed by atoms with Gasteiger partial charge < -0.3 is 9.47 Å². The van der Waals surface area contributed by atoms with E-state index in [-0.39, 0.29) is 17.5 Å². The lowest BCUT2D eigenvalue weighted by atomic mass is 10.1. The highest BCUT2D eigenvalue weighted by molar-refractivity contribution is 8.00. The molecule has 9 nitrogen and oxygen atoms in total. The van der Waals surface area contributed by atoms with E-state index >= 15 is 0 Å². The Balaban J connectivity index is 1.41. The van der Waals surface area contributed by atoms with Gasteiger partial charge in [-0.25, -0.2) is 13.9 Å². The van der Waals surface area contributed by atoms with Gasteiger partial charge in [0.1, 0.15) is 5.82 Å². The number of carbonyl (C=O) groups excluding carboxylic acids is 2. The van der Waals surface area contributed by atoms with Crippen molar-refractivity contribution in [2.45, 2.75) is 17.0 Å². The van der Waals surface area contributed by atoms with Crippen LogP contribution >= 0.6 is 23.1 Å². The average molecular weight is 514 g/mol. The lowest BCUT2D eigenvalue weighted by Gasteiger charge is -2.02. The smallest absolute Gasteiger partial charge is 0.337 e. The van der Waals surface area contributed by atoms with E-state index in [2.05, 4.69) is 20.6 Å². The summed E-state index contributed by atoms with van der Waals surface area (Å²) in [5.74, 6) is -0.347. The van der Waals surface area contributed by atoms with E-state index < -0.39 is 5.91 Å². The fourth-order valence-corrected chi connectivity index (χ4v) is 4.68. The molecule has 1 N–H and O–H groups in total. The molecule has 0 spiro atoms. The van der Waals surface area contributed by atoms with Crippen LogP contribution in [0.15, 0.2) is 59.1 Å². The first-order valence-electron chi connectivity index (χ1n) is 10.4. The van der Waals surface area contributed by atoms with Crippen LogP contribution in [0.1, 0.15) is 33.3 Å². The summed E-state index contributed by atoms with van der Waals surface area (Å²) in [5.41, 5.74) is 2.14. The number of anilines is 1. The van der Waals surface area contributed by atoms with E-state index in [4.69, 9.17) is 9.47 Å². The molecule has 2 heterocycles. The third-order valence-corrected chi connectivity index (χ3v) is 6.69. The predicted molar refractivity (Wildman–Crippen MR) is 130 cm³/mol. The lowest BCUT2D eigenvalue weighted by Crippen LogP contribution is -2.14. The zero-order chi connectivity index (χ0) is 24.8. The Labute approximate surface area is 208 Å². The highest BCUT2D eigenvalue weighted by Crippen LogP contribution is 2.29. The summed E-state index contributed by atoms with van der Waals surface area (Å²) >= 11 is 2.68. The molecule has 180 valence electrons. The number of methoxy groups -OCH3 is 1. The number of hydrogen-bond donors (Lipinski definition) is 1. The number of thioether (sulfide) groups is 1. The summed E-state index contributed by atoms with van der Waals surface area (Å²) in [5, 5.41) is 15.5. The molecule has 0 saturated carbocycles. The molecular weight excluding hydrogens is 493 g/mol. The molecule has 0 bridgehead atoms. The van der Waals surface area contributed by atoms with Gasteiger partial charge in [0, 0.05) is 5.75 Å². The molecule has 0 fully saturated rings. The second-order valence-corrected chi connectivity index (χ2v) is 9.20. The third-order valence-electron chi connectivity index (χ3n) is 4.65. The number of aromatic nitrogens is 4. The van der Waals surface area contributed by atoms with Crippen molar-refractivity contribution >= 4 is 40.1 Å². The van der Waals surface area contributed by atoms with Gasteiger partial charge in [-0.05, 0) is 48.9 Å². The molecule has 2 aromatic heterocycles. The quantitative estimate of drug-likeness (QED) is 0.197. The van der Waals surface area contributed by atoms with Gasteiger partial charge in [0.25, 0.3) is 5.91 Å². The minimum absolute atomic E-state index is 0.0753. The van der Waals surface area contributed by atoms with Gasteiger partial charge in [0.05, 0.1) is 31.2 Å².